The Labute approximate surface area is 191 Å². The highest BCUT2D eigenvalue weighted by Gasteiger charge is 2.27. The number of halogens is 4. The standard InChI is InChI=1S/C22H19ClF3N5O2/c1-12(24)13(2)31-11-27-19-10-14(9-17(20(19)31)18-7-8-28-30-18)21(32)29-15-3-5-16(6-4-15)33-22(23,25)26/h3-13H,1-2H3,(H,28,30)(H,29,32)/t12?,13-/m0/s1. The number of aromatic nitrogens is 4. The number of nitrogens with one attached hydrogen (secondary N) is 2. The van der Waals surface area contributed by atoms with Gasteiger partial charge in [0.15, 0.2) is 0 Å². The zero-order chi connectivity index (χ0) is 23.8. The summed E-state index contributed by atoms with van der Waals surface area (Å²) in [5.41, 5.74) is -0.731. The van der Waals surface area contributed by atoms with Crippen molar-refractivity contribution >= 4 is 34.2 Å². The number of hydrogen-bond donors (Lipinski definition) is 2. The van der Waals surface area contributed by atoms with E-state index in [1.165, 1.54) is 31.2 Å². The molecule has 7 nitrogen and oxygen atoms in total. The molecule has 2 N–H and O–H groups in total. The number of aromatic amines is 1. The van der Waals surface area contributed by atoms with Gasteiger partial charge in [0, 0.05) is 34.6 Å². The lowest BCUT2D eigenvalue weighted by Gasteiger charge is -2.17. The summed E-state index contributed by atoms with van der Waals surface area (Å²) >= 11 is 4.75. The summed E-state index contributed by atoms with van der Waals surface area (Å²) in [6, 6.07) is 9.85. The number of ether oxygens (including phenoxy) is 1. The van der Waals surface area contributed by atoms with Crippen molar-refractivity contribution in [3.63, 3.8) is 0 Å². The summed E-state index contributed by atoms with van der Waals surface area (Å²) in [4.78, 5) is 17.3. The van der Waals surface area contributed by atoms with Crippen molar-refractivity contribution in [1.29, 1.82) is 0 Å². The number of carbonyl (C=O) groups excluding carboxylic acids is 1. The first-order chi connectivity index (χ1) is 15.6. The molecule has 0 aliphatic carbocycles. The SMILES string of the molecule is CC(F)[C@H](C)n1cnc2cc(C(=O)Nc3ccc(OC(F)(F)Cl)cc3)cc(-c3ccn[nH]3)c21. The number of fused-ring (bicyclic) bond motifs is 1. The van der Waals surface area contributed by atoms with Crippen molar-refractivity contribution in [2.45, 2.75) is 31.6 Å². The van der Waals surface area contributed by atoms with E-state index >= 15 is 0 Å². The highest BCUT2D eigenvalue weighted by Crippen LogP contribution is 2.32. The molecule has 172 valence electrons. The van der Waals surface area contributed by atoms with Crippen molar-refractivity contribution in [2.75, 3.05) is 5.32 Å². The molecular formula is C22H19ClF3N5O2. The highest BCUT2D eigenvalue weighted by atomic mass is 35.5. The number of imidazole rings is 1. The van der Waals surface area contributed by atoms with E-state index in [9.17, 15) is 18.0 Å². The van der Waals surface area contributed by atoms with E-state index in [0.29, 0.717) is 33.5 Å². The van der Waals surface area contributed by atoms with E-state index in [2.05, 4.69) is 25.2 Å². The number of benzene rings is 2. The summed E-state index contributed by atoms with van der Waals surface area (Å²) in [5, 5.41) is 9.54. The third-order valence-corrected chi connectivity index (χ3v) is 5.25. The Bertz CT molecular complexity index is 1270. The first kappa shape index (κ1) is 22.7. The smallest absolute Gasteiger partial charge is 0.420 e. The highest BCUT2D eigenvalue weighted by molar-refractivity contribution is 6.20. The molecule has 1 unspecified atom stereocenters. The molecule has 0 radical (unpaired) electrons. The Morgan fingerprint density at radius 3 is 2.55 bits per heavy atom. The van der Waals surface area contributed by atoms with Crippen molar-refractivity contribution in [3.05, 3.63) is 60.6 Å². The number of alkyl halides is 4. The fraction of sp³-hybridized carbons (Fsp3) is 0.227. The third-order valence-electron chi connectivity index (χ3n) is 5.17. The van der Waals surface area contributed by atoms with Gasteiger partial charge in [0.05, 0.1) is 29.1 Å². The van der Waals surface area contributed by atoms with Crippen LogP contribution in [0.5, 0.6) is 5.75 Å². The summed E-state index contributed by atoms with van der Waals surface area (Å²) in [7, 11) is 0. The molecule has 11 heteroatoms. The summed E-state index contributed by atoms with van der Waals surface area (Å²) in [6.45, 7) is 3.22. The molecule has 2 aromatic carbocycles. The fourth-order valence-electron chi connectivity index (χ4n) is 3.39. The second-order valence-electron chi connectivity index (χ2n) is 7.46. The number of anilines is 1. The molecule has 0 spiro atoms. The summed E-state index contributed by atoms with van der Waals surface area (Å²) in [5.74, 6) is -0.604. The Kier molecular flexibility index (Phi) is 6.03. The van der Waals surface area contributed by atoms with Gasteiger partial charge < -0.3 is 14.6 Å². The van der Waals surface area contributed by atoms with Crippen molar-refractivity contribution in [1.82, 2.24) is 19.7 Å². The van der Waals surface area contributed by atoms with Crippen molar-refractivity contribution < 1.29 is 22.7 Å². The molecule has 2 atom stereocenters. The lowest BCUT2D eigenvalue weighted by atomic mass is 10.0. The number of H-pyrrole nitrogens is 1. The van der Waals surface area contributed by atoms with Gasteiger partial charge in [-0.05, 0) is 56.3 Å². The van der Waals surface area contributed by atoms with Crippen LogP contribution in [0.2, 0.25) is 0 Å². The van der Waals surface area contributed by atoms with E-state index in [1.54, 1.807) is 42.2 Å². The Morgan fingerprint density at radius 1 is 1.21 bits per heavy atom. The molecule has 2 heterocycles. The minimum absolute atomic E-state index is 0.155. The van der Waals surface area contributed by atoms with Gasteiger partial charge in [-0.1, -0.05) is 0 Å². The van der Waals surface area contributed by atoms with Crippen LogP contribution in [0.25, 0.3) is 22.3 Å². The van der Waals surface area contributed by atoms with Crippen LogP contribution in [0.1, 0.15) is 30.2 Å². The van der Waals surface area contributed by atoms with Gasteiger partial charge in [0.25, 0.3) is 5.91 Å². The van der Waals surface area contributed by atoms with Gasteiger partial charge in [-0.2, -0.15) is 5.10 Å². The molecule has 4 aromatic rings. The molecule has 33 heavy (non-hydrogen) atoms. The second-order valence-corrected chi connectivity index (χ2v) is 7.90. The van der Waals surface area contributed by atoms with Crippen LogP contribution in [0.15, 0.2) is 55.0 Å². The number of hydrogen-bond acceptors (Lipinski definition) is 4. The Hall–Kier alpha value is -3.53. The number of nitrogens with zero attached hydrogens (tertiary/aromatic N) is 3. The molecule has 0 fully saturated rings. The molecule has 1 amide bonds. The summed E-state index contributed by atoms with van der Waals surface area (Å²) in [6.07, 6.45) is 1.99. The van der Waals surface area contributed by atoms with Gasteiger partial charge in [-0.15, -0.1) is 8.78 Å². The van der Waals surface area contributed by atoms with E-state index in [4.69, 9.17) is 11.6 Å². The van der Waals surface area contributed by atoms with Crippen LogP contribution in [0.4, 0.5) is 18.9 Å². The predicted octanol–water partition coefficient (Wildman–Crippen LogP) is 5.77. The maximum Gasteiger partial charge on any atom is 0.487 e. The first-order valence-electron chi connectivity index (χ1n) is 9.94. The fourth-order valence-corrected chi connectivity index (χ4v) is 3.48. The van der Waals surface area contributed by atoms with E-state index in [-0.39, 0.29) is 5.75 Å². The monoisotopic (exact) mass is 477 g/mol. The van der Waals surface area contributed by atoms with E-state index in [1.807, 2.05) is 0 Å². The predicted molar refractivity (Wildman–Crippen MR) is 118 cm³/mol. The molecule has 4 rings (SSSR count). The number of amides is 1. The van der Waals surface area contributed by atoms with Crippen LogP contribution in [-0.4, -0.2) is 37.4 Å². The first-order valence-corrected chi connectivity index (χ1v) is 10.3. The van der Waals surface area contributed by atoms with Crippen LogP contribution < -0.4 is 10.1 Å². The molecular weight excluding hydrogens is 459 g/mol. The average Bonchev–Trinajstić information content (AvgIpc) is 3.43. The second kappa shape index (κ2) is 8.78. The van der Waals surface area contributed by atoms with Crippen LogP contribution in [-0.2, 0) is 0 Å². The minimum atomic E-state index is -3.83. The maximum absolute atomic E-state index is 14.0. The number of carbonyl (C=O) groups is 1. The Morgan fingerprint density at radius 2 is 1.94 bits per heavy atom. The molecule has 0 bridgehead atoms. The van der Waals surface area contributed by atoms with Crippen LogP contribution in [0, 0.1) is 0 Å². The molecule has 0 saturated carbocycles. The van der Waals surface area contributed by atoms with Crippen LogP contribution >= 0.6 is 11.6 Å². The lowest BCUT2D eigenvalue weighted by Crippen LogP contribution is -2.16. The Balaban J connectivity index is 1.68. The largest absolute Gasteiger partial charge is 0.487 e. The molecule has 2 aromatic heterocycles. The van der Waals surface area contributed by atoms with Gasteiger partial charge in [-0.3, -0.25) is 9.89 Å². The third kappa shape index (κ3) is 4.95. The number of rotatable bonds is 7. The average molecular weight is 478 g/mol. The molecule has 0 saturated heterocycles. The van der Waals surface area contributed by atoms with Gasteiger partial charge >= 0.3 is 5.57 Å². The van der Waals surface area contributed by atoms with Gasteiger partial charge in [-0.25, -0.2) is 9.37 Å². The van der Waals surface area contributed by atoms with E-state index < -0.39 is 23.7 Å². The van der Waals surface area contributed by atoms with Crippen molar-refractivity contribution in [2.24, 2.45) is 0 Å². The lowest BCUT2D eigenvalue weighted by molar-refractivity contribution is -0.0964. The topological polar surface area (TPSA) is 84.8 Å². The van der Waals surface area contributed by atoms with Gasteiger partial charge in [0.2, 0.25) is 0 Å². The quantitative estimate of drug-likeness (QED) is 0.331. The zero-order valence-electron chi connectivity index (χ0n) is 17.5. The molecule has 0 aliphatic heterocycles. The van der Waals surface area contributed by atoms with Crippen molar-refractivity contribution in [3.8, 4) is 17.0 Å². The summed E-state index contributed by atoms with van der Waals surface area (Å²) < 4.78 is 45.5. The normalized spacial score (nSPS) is 13.6. The zero-order valence-corrected chi connectivity index (χ0v) is 18.3. The maximum atomic E-state index is 14.0. The van der Waals surface area contributed by atoms with E-state index in [0.717, 1.165) is 0 Å². The molecule has 0 aliphatic rings. The van der Waals surface area contributed by atoms with Gasteiger partial charge in [0.1, 0.15) is 11.9 Å². The minimum Gasteiger partial charge on any atom is -0.420 e. The van der Waals surface area contributed by atoms with Crippen LogP contribution in [0.3, 0.4) is 0 Å².